The van der Waals surface area contributed by atoms with E-state index in [4.69, 9.17) is 4.74 Å². The quantitative estimate of drug-likeness (QED) is 0.621. The molecule has 1 fully saturated rings. The second-order valence-corrected chi connectivity index (χ2v) is 8.13. The molecule has 1 saturated heterocycles. The number of benzene rings is 2. The zero-order valence-corrected chi connectivity index (χ0v) is 18.4. The van der Waals surface area contributed by atoms with Crippen LogP contribution in [0.1, 0.15) is 17.8 Å². The van der Waals surface area contributed by atoms with E-state index in [9.17, 15) is 13.6 Å². The molecule has 4 rings (SSSR count). The SMILES string of the molecule is COc1cccc(Cc2nsc(N3CCCN(C(=O)Nc4ccc(F)cc4F)CC3)n2)c1. The largest absolute Gasteiger partial charge is 0.497 e. The number of aromatic nitrogens is 2. The molecule has 7 nitrogen and oxygen atoms in total. The molecule has 0 saturated carbocycles. The molecule has 1 N–H and O–H groups in total. The molecule has 2 aromatic carbocycles. The molecule has 3 aromatic rings. The van der Waals surface area contributed by atoms with Crippen LogP contribution < -0.4 is 15.0 Å². The summed E-state index contributed by atoms with van der Waals surface area (Å²) in [7, 11) is 1.64. The molecule has 0 bridgehead atoms. The highest BCUT2D eigenvalue weighted by molar-refractivity contribution is 7.09. The Balaban J connectivity index is 1.35. The lowest BCUT2D eigenvalue weighted by molar-refractivity contribution is 0.215. The molecule has 10 heteroatoms. The number of hydrogen-bond acceptors (Lipinski definition) is 6. The number of methoxy groups -OCH3 is 1. The van der Waals surface area contributed by atoms with Gasteiger partial charge in [0.2, 0.25) is 5.13 Å². The van der Waals surface area contributed by atoms with Crippen LogP contribution in [0, 0.1) is 11.6 Å². The van der Waals surface area contributed by atoms with Crippen LogP contribution in [0.5, 0.6) is 5.75 Å². The maximum absolute atomic E-state index is 13.8. The molecule has 1 aliphatic rings. The fourth-order valence-corrected chi connectivity index (χ4v) is 4.24. The summed E-state index contributed by atoms with van der Waals surface area (Å²) < 4.78 is 36.7. The van der Waals surface area contributed by atoms with Crippen LogP contribution >= 0.6 is 11.5 Å². The molecule has 32 heavy (non-hydrogen) atoms. The van der Waals surface area contributed by atoms with Crippen molar-refractivity contribution in [2.45, 2.75) is 12.8 Å². The van der Waals surface area contributed by atoms with E-state index < -0.39 is 17.7 Å². The van der Waals surface area contributed by atoms with Gasteiger partial charge in [-0.25, -0.2) is 18.6 Å². The maximum Gasteiger partial charge on any atom is 0.321 e. The number of anilines is 2. The Morgan fingerprint density at radius 2 is 2.03 bits per heavy atom. The lowest BCUT2D eigenvalue weighted by Gasteiger charge is -2.22. The lowest BCUT2D eigenvalue weighted by Crippen LogP contribution is -2.38. The summed E-state index contributed by atoms with van der Waals surface area (Å²) in [6.45, 7) is 2.32. The third-order valence-corrected chi connectivity index (χ3v) is 5.99. The van der Waals surface area contributed by atoms with E-state index >= 15 is 0 Å². The van der Waals surface area contributed by atoms with Gasteiger partial charge in [0.25, 0.3) is 0 Å². The zero-order valence-electron chi connectivity index (χ0n) is 17.6. The van der Waals surface area contributed by atoms with Crippen molar-refractivity contribution >= 4 is 28.4 Å². The lowest BCUT2D eigenvalue weighted by atomic mass is 10.1. The molecule has 2 amide bonds. The number of nitrogens with zero attached hydrogens (tertiary/aromatic N) is 4. The van der Waals surface area contributed by atoms with Crippen molar-refractivity contribution in [3.05, 3.63) is 65.5 Å². The highest BCUT2D eigenvalue weighted by Crippen LogP contribution is 2.22. The number of carbonyl (C=O) groups excluding carboxylic acids is 1. The average Bonchev–Trinajstić information content (AvgIpc) is 3.10. The molecule has 0 radical (unpaired) electrons. The van der Waals surface area contributed by atoms with Gasteiger partial charge in [0.1, 0.15) is 23.2 Å². The van der Waals surface area contributed by atoms with Gasteiger partial charge in [-0.1, -0.05) is 12.1 Å². The van der Waals surface area contributed by atoms with Crippen LogP contribution in [0.3, 0.4) is 0 Å². The molecule has 168 valence electrons. The summed E-state index contributed by atoms with van der Waals surface area (Å²) >= 11 is 1.34. The number of urea groups is 1. The minimum absolute atomic E-state index is 0.0381. The fourth-order valence-electron chi connectivity index (χ4n) is 3.51. The Morgan fingerprint density at radius 1 is 1.16 bits per heavy atom. The van der Waals surface area contributed by atoms with Gasteiger partial charge >= 0.3 is 6.03 Å². The monoisotopic (exact) mass is 459 g/mol. The first-order valence-electron chi connectivity index (χ1n) is 10.2. The Morgan fingerprint density at radius 3 is 2.84 bits per heavy atom. The third-order valence-electron chi connectivity index (χ3n) is 5.18. The Kier molecular flexibility index (Phi) is 6.79. The highest BCUT2D eigenvalue weighted by Gasteiger charge is 2.22. The van der Waals surface area contributed by atoms with Gasteiger partial charge in [-0.3, -0.25) is 0 Å². The van der Waals surface area contributed by atoms with E-state index in [1.165, 1.54) is 17.6 Å². The average molecular weight is 460 g/mol. The topological polar surface area (TPSA) is 70.6 Å². The smallest absolute Gasteiger partial charge is 0.321 e. The number of carbonyl (C=O) groups is 1. The molecule has 0 aliphatic carbocycles. The van der Waals surface area contributed by atoms with E-state index in [-0.39, 0.29) is 5.69 Å². The molecule has 0 spiro atoms. The van der Waals surface area contributed by atoms with E-state index in [1.807, 2.05) is 24.3 Å². The molecule has 0 unspecified atom stereocenters. The number of amides is 2. The van der Waals surface area contributed by atoms with Crippen LogP contribution in [0.2, 0.25) is 0 Å². The minimum Gasteiger partial charge on any atom is -0.497 e. The van der Waals surface area contributed by atoms with Crippen molar-refractivity contribution in [2.75, 3.05) is 43.5 Å². The number of rotatable bonds is 5. The van der Waals surface area contributed by atoms with E-state index in [0.29, 0.717) is 26.1 Å². The summed E-state index contributed by atoms with van der Waals surface area (Å²) in [6.07, 6.45) is 1.35. The van der Waals surface area contributed by atoms with Crippen molar-refractivity contribution in [3.63, 3.8) is 0 Å². The highest BCUT2D eigenvalue weighted by atomic mass is 32.1. The molecule has 1 aliphatic heterocycles. The van der Waals surface area contributed by atoms with Crippen molar-refractivity contribution in [3.8, 4) is 5.75 Å². The van der Waals surface area contributed by atoms with Crippen LogP contribution in [-0.2, 0) is 6.42 Å². The summed E-state index contributed by atoms with van der Waals surface area (Å²) in [4.78, 5) is 21.0. The number of hydrogen-bond donors (Lipinski definition) is 1. The summed E-state index contributed by atoms with van der Waals surface area (Å²) in [5.41, 5.74) is 1.03. The molecule has 2 heterocycles. The third kappa shape index (κ3) is 5.31. The zero-order chi connectivity index (χ0) is 22.5. The molecular weight excluding hydrogens is 436 g/mol. The van der Waals surface area contributed by atoms with E-state index in [2.05, 4.69) is 19.6 Å². The first kappa shape index (κ1) is 21.9. The fraction of sp³-hybridized carbons (Fsp3) is 0.318. The van der Waals surface area contributed by atoms with E-state index in [0.717, 1.165) is 47.4 Å². The number of ether oxygens (including phenoxy) is 1. The first-order chi connectivity index (χ1) is 15.5. The maximum atomic E-state index is 13.8. The Hall–Kier alpha value is -3.27. The molecular formula is C22H23F2N5O2S. The van der Waals surface area contributed by atoms with E-state index in [1.54, 1.807) is 12.0 Å². The van der Waals surface area contributed by atoms with Crippen LogP contribution in [0.4, 0.5) is 24.4 Å². The van der Waals surface area contributed by atoms with Gasteiger partial charge in [-0.05, 0) is 36.2 Å². The summed E-state index contributed by atoms with van der Waals surface area (Å²) in [5, 5.41) is 3.34. The Labute approximate surface area is 188 Å². The van der Waals surface area contributed by atoms with Gasteiger partial charge in [0, 0.05) is 50.2 Å². The number of halogens is 2. The van der Waals surface area contributed by atoms with Crippen LogP contribution in [0.15, 0.2) is 42.5 Å². The van der Waals surface area contributed by atoms with Gasteiger partial charge < -0.3 is 19.9 Å². The molecule has 1 aromatic heterocycles. The summed E-state index contributed by atoms with van der Waals surface area (Å²) in [5.74, 6) is 0.0502. The minimum atomic E-state index is -0.799. The van der Waals surface area contributed by atoms with Crippen molar-refractivity contribution in [1.29, 1.82) is 0 Å². The normalized spacial score (nSPS) is 14.2. The predicted molar refractivity (Wildman–Crippen MR) is 119 cm³/mol. The standard InChI is InChI=1S/C22H23F2N5O2S/c1-31-17-5-2-4-15(12-17)13-20-26-22(32-27-20)29-9-3-8-28(10-11-29)21(30)25-19-7-6-16(23)14-18(19)24/h2,4-7,12,14H,3,8-11,13H2,1H3,(H,25,30). The van der Waals surface area contributed by atoms with Gasteiger partial charge in [-0.2, -0.15) is 4.37 Å². The number of nitrogens with one attached hydrogen (secondary N) is 1. The second kappa shape index (κ2) is 9.90. The van der Waals surface area contributed by atoms with Crippen molar-refractivity contribution < 1.29 is 18.3 Å². The Bertz CT molecular complexity index is 1090. The van der Waals surface area contributed by atoms with Crippen molar-refractivity contribution in [2.24, 2.45) is 0 Å². The van der Waals surface area contributed by atoms with Gasteiger partial charge in [0.05, 0.1) is 12.8 Å². The summed E-state index contributed by atoms with van der Waals surface area (Å²) in [6, 6.07) is 10.5. The van der Waals surface area contributed by atoms with Crippen LogP contribution in [0.25, 0.3) is 0 Å². The predicted octanol–water partition coefficient (Wildman–Crippen LogP) is 4.16. The van der Waals surface area contributed by atoms with Crippen LogP contribution in [-0.4, -0.2) is 53.6 Å². The second-order valence-electron chi connectivity index (χ2n) is 7.40. The first-order valence-corrected chi connectivity index (χ1v) is 11.0. The van der Waals surface area contributed by atoms with Crippen molar-refractivity contribution in [1.82, 2.24) is 14.3 Å². The van der Waals surface area contributed by atoms with Gasteiger partial charge in [0.15, 0.2) is 0 Å². The molecule has 0 atom stereocenters. The van der Waals surface area contributed by atoms with Gasteiger partial charge in [-0.15, -0.1) is 0 Å².